The van der Waals surface area contributed by atoms with Gasteiger partial charge in [-0.3, -0.25) is 5.84 Å². The van der Waals surface area contributed by atoms with Crippen molar-refractivity contribution in [3.63, 3.8) is 0 Å². The van der Waals surface area contributed by atoms with Crippen molar-refractivity contribution in [2.45, 2.75) is 0 Å². The average Bonchev–Trinajstić information content (AvgIpc) is 1.35. The van der Waals surface area contributed by atoms with Crippen LogP contribution < -0.4 is 11.6 Å². The first-order chi connectivity index (χ1) is 2.77. The molecular formula is C2H8ClN3. The van der Waals surface area contributed by atoms with Crippen LogP contribution in [0.15, 0.2) is 0 Å². The fraction of sp³-hybridized carbons (Fsp3) is 1.00. The predicted molar refractivity (Wildman–Crippen MR) is 25.8 cm³/mol. The van der Waals surface area contributed by atoms with Crippen molar-refractivity contribution >= 4 is 11.8 Å². The minimum atomic E-state index is 0.500. The van der Waals surface area contributed by atoms with Crippen molar-refractivity contribution in [3.8, 4) is 0 Å². The average molecular weight is 110 g/mol. The van der Waals surface area contributed by atoms with Gasteiger partial charge in [0.05, 0.1) is 0 Å². The van der Waals surface area contributed by atoms with Crippen molar-refractivity contribution in [3.05, 3.63) is 0 Å². The Kier molecular flexibility index (Phi) is 3.46. The molecule has 0 saturated carbocycles. The van der Waals surface area contributed by atoms with E-state index in [0.29, 0.717) is 13.1 Å². The summed E-state index contributed by atoms with van der Waals surface area (Å²) in [6.07, 6.45) is 0. The van der Waals surface area contributed by atoms with E-state index in [4.69, 9.17) is 23.4 Å². The van der Waals surface area contributed by atoms with Gasteiger partial charge in [-0.1, -0.05) is 0 Å². The van der Waals surface area contributed by atoms with Crippen LogP contribution in [0.5, 0.6) is 0 Å². The molecular weight excluding hydrogens is 101 g/mol. The maximum atomic E-state index is 5.11. The van der Waals surface area contributed by atoms with Crippen LogP contribution in [-0.4, -0.2) is 17.6 Å². The standard InChI is InChI=1S/C2H8ClN3/c3-6(5)2-1-4/h1-2,4-5H2. The Bertz CT molecular complexity index is 30.0. The normalized spacial score (nSPS) is 10.0. The summed E-state index contributed by atoms with van der Waals surface area (Å²) in [6, 6.07) is 0. The first-order valence-corrected chi connectivity index (χ1v) is 1.99. The van der Waals surface area contributed by atoms with Crippen molar-refractivity contribution in [1.29, 1.82) is 0 Å². The molecule has 0 amide bonds. The lowest BCUT2D eigenvalue weighted by molar-refractivity contribution is 0.491. The first kappa shape index (κ1) is 6.17. The fourth-order valence-corrected chi connectivity index (χ4v) is 0.221. The number of hydrazine groups is 1. The molecule has 0 atom stereocenters. The maximum absolute atomic E-state index is 5.11. The van der Waals surface area contributed by atoms with Gasteiger partial charge < -0.3 is 5.73 Å². The van der Waals surface area contributed by atoms with E-state index in [2.05, 4.69) is 0 Å². The highest BCUT2D eigenvalue weighted by Gasteiger charge is 1.83. The highest BCUT2D eigenvalue weighted by atomic mass is 35.5. The Hall–Kier alpha value is 0.170. The molecule has 0 aromatic rings. The van der Waals surface area contributed by atoms with E-state index in [-0.39, 0.29) is 0 Å². The second kappa shape index (κ2) is 3.36. The van der Waals surface area contributed by atoms with Crippen LogP contribution in [-0.2, 0) is 0 Å². The summed E-state index contributed by atoms with van der Waals surface area (Å²) < 4.78 is 1.03. The third-order valence-electron chi connectivity index (χ3n) is 0.343. The van der Waals surface area contributed by atoms with Crippen molar-refractivity contribution in [2.24, 2.45) is 11.6 Å². The smallest absolute Gasteiger partial charge is 0.0416 e. The molecule has 0 aliphatic heterocycles. The van der Waals surface area contributed by atoms with Gasteiger partial charge in [0.2, 0.25) is 0 Å². The summed E-state index contributed by atoms with van der Waals surface area (Å²) in [4.78, 5) is 0. The molecule has 38 valence electrons. The van der Waals surface area contributed by atoms with E-state index in [1.54, 1.807) is 0 Å². The molecule has 4 heteroatoms. The van der Waals surface area contributed by atoms with Crippen molar-refractivity contribution in [2.75, 3.05) is 13.1 Å². The summed E-state index contributed by atoms with van der Waals surface area (Å²) in [5.41, 5.74) is 5.02. The lowest BCUT2D eigenvalue weighted by Crippen LogP contribution is -2.26. The Morgan fingerprint density at radius 3 is 2.17 bits per heavy atom. The van der Waals surface area contributed by atoms with E-state index in [1.807, 2.05) is 0 Å². The van der Waals surface area contributed by atoms with Crippen LogP contribution >= 0.6 is 11.8 Å². The first-order valence-electron chi connectivity index (χ1n) is 1.65. The number of hydrogen-bond donors (Lipinski definition) is 2. The molecule has 0 bridgehead atoms. The van der Waals surface area contributed by atoms with Gasteiger partial charge >= 0.3 is 0 Å². The molecule has 0 spiro atoms. The molecule has 0 aromatic heterocycles. The molecule has 0 saturated heterocycles. The highest BCUT2D eigenvalue weighted by molar-refractivity contribution is 6.12. The van der Waals surface area contributed by atoms with Crippen LogP contribution in [0.25, 0.3) is 0 Å². The molecule has 0 aliphatic carbocycles. The molecule has 0 aromatic carbocycles. The third-order valence-corrected chi connectivity index (χ3v) is 0.512. The summed E-state index contributed by atoms with van der Waals surface area (Å²) in [7, 11) is 0. The van der Waals surface area contributed by atoms with Crippen LogP contribution in [0.4, 0.5) is 0 Å². The number of rotatable bonds is 2. The van der Waals surface area contributed by atoms with E-state index in [9.17, 15) is 0 Å². The molecule has 0 rings (SSSR count). The lowest BCUT2D eigenvalue weighted by atomic mass is 10.7. The van der Waals surface area contributed by atoms with Gasteiger partial charge in [0.25, 0.3) is 0 Å². The molecule has 4 N–H and O–H groups in total. The SMILES string of the molecule is NCCN(N)Cl. The number of hydrogen-bond acceptors (Lipinski definition) is 3. The Morgan fingerprint density at radius 1 is 1.67 bits per heavy atom. The van der Waals surface area contributed by atoms with Gasteiger partial charge in [0.15, 0.2) is 0 Å². The van der Waals surface area contributed by atoms with Gasteiger partial charge in [-0.25, -0.2) is 0 Å². The highest BCUT2D eigenvalue weighted by Crippen LogP contribution is 1.75. The maximum Gasteiger partial charge on any atom is 0.0416 e. The molecule has 6 heavy (non-hydrogen) atoms. The quantitative estimate of drug-likeness (QED) is 0.279. The molecule has 3 nitrogen and oxygen atoms in total. The molecule has 0 heterocycles. The van der Waals surface area contributed by atoms with Gasteiger partial charge in [0, 0.05) is 13.1 Å². The van der Waals surface area contributed by atoms with Crippen LogP contribution in [0, 0.1) is 0 Å². The van der Waals surface area contributed by atoms with Gasteiger partial charge in [-0.05, 0) is 11.8 Å². The third kappa shape index (κ3) is 4.17. The zero-order chi connectivity index (χ0) is 4.99. The van der Waals surface area contributed by atoms with Crippen molar-refractivity contribution < 1.29 is 0 Å². The number of nitrogens with zero attached hydrogens (tertiary/aromatic N) is 1. The van der Waals surface area contributed by atoms with Gasteiger partial charge in [-0.15, -0.1) is 0 Å². The molecule has 0 radical (unpaired) electrons. The summed E-state index contributed by atoms with van der Waals surface area (Å²) >= 11 is 5.11. The van der Waals surface area contributed by atoms with Gasteiger partial charge in [-0.2, -0.15) is 4.53 Å². The molecule has 0 aliphatic rings. The second-order valence-corrected chi connectivity index (χ2v) is 1.35. The Labute approximate surface area is 41.9 Å². The lowest BCUT2D eigenvalue weighted by Gasteiger charge is -1.99. The number of nitrogens with two attached hydrogens (primary N) is 2. The Balaban J connectivity index is 2.63. The minimum Gasteiger partial charge on any atom is -0.329 e. The van der Waals surface area contributed by atoms with Crippen LogP contribution in [0.2, 0.25) is 0 Å². The zero-order valence-electron chi connectivity index (χ0n) is 3.39. The van der Waals surface area contributed by atoms with E-state index >= 15 is 0 Å². The van der Waals surface area contributed by atoms with Gasteiger partial charge in [0.1, 0.15) is 0 Å². The van der Waals surface area contributed by atoms with Crippen molar-refractivity contribution in [1.82, 2.24) is 4.53 Å². The predicted octanol–water partition coefficient (Wildman–Crippen LogP) is -0.725. The van der Waals surface area contributed by atoms with E-state index in [0.717, 1.165) is 4.53 Å². The summed E-state index contributed by atoms with van der Waals surface area (Å²) in [6.45, 7) is 1.03. The monoisotopic (exact) mass is 109 g/mol. The Morgan fingerprint density at radius 2 is 2.17 bits per heavy atom. The largest absolute Gasteiger partial charge is 0.329 e. The fourth-order valence-electron chi connectivity index (χ4n) is 0.123. The molecule has 0 fully saturated rings. The van der Waals surface area contributed by atoms with Crippen LogP contribution in [0.3, 0.4) is 0 Å². The van der Waals surface area contributed by atoms with Crippen LogP contribution in [0.1, 0.15) is 0 Å². The molecule has 0 unspecified atom stereocenters. The van der Waals surface area contributed by atoms with E-state index in [1.165, 1.54) is 0 Å². The number of halogens is 1. The van der Waals surface area contributed by atoms with E-state index < -0.39 is 0 Å². The zero-order valence-corrected chi connectivity index (χ0v) is 4.15. The second-order valence-electron chi connectivity index (χ2n) is 0.912. The topological polar surface area (TPSA) is 55.3 Å². The minimum absolute atomic E-state index is 0.500. The summed E-state index contributed by atoms with van der Waals surface area (Å²) in [5, 5.41) is 0. The summed E-state index contributed by atoms with van der Waals surface area (Å²) in [5.74, 6) is 4.92.